The lowest BCUT2D eigenvalue weighted by Crippen LogP contribution is -1.66. The molecule has 0 aliphatic rings. The summed E-state index contributed by atoms with van der Waals surface area (Å²) in [5, 5.41) is 0. The Morgan fingerprint density at radius 1 is 0.174 bits per heavy atom. The van der Waals surface area contributed by atoms with Crippen LogP contribution in [0.1, 0.15) is 0 Å². The third-order valence-electron chi connectivity index (χ3n) is 4.00. The second kappa shape index (κ2) is 33.4. The fraction of sp³-hybridized carbons (Fsp3) is 0. The molecular weight excluding hydrogens is 622 g/mol. The van der Waals surface area contributed by atoms with E-state index in [1.54, 1.807) is 0 Å². The number of benzene rings is 6. The summed E-state index contributed by atoms with van der Waals surface area (Å²) in [6.45, 7) is 0. The molecule has 0 spiro atoms. The van der Waals surface area contributed by atoms with E-state index in [1.165, 1.54) is 0 Å². The standard InChI is InChI=1S/6C6H6.2H3O4P/c6*1-2-4-6-5-3-1;2*1-5(2,3)4/h6*1-6H;2*(H3,1,2,3,4). The second-order valence-corrected chi connectivity index (χ2v) is 10.0. The average Bonchev–Trinajstić information content (AvgIpc) is 3.09. The van der Waals surface area contributed by atoms with E-state index in [-0.39, 0.29) is 0 Å². The number of hydrogen-bond donors (Lipinski definition) is 6. The Morgan fingerprint density at radius 2 is 0.196 bits per heavy atom. The first kappa shape index (κ1) is 43.7. The van der Waals surface area contributed by atoms with Gasteiger partial charge in [0.1, 0.15) is 0 Å². The molecule has 10 heteroatoms. The fourth-order valence-corrected chi connectivity index (χ4v) is 2.31. The van der Waals surface area contributed by atoms with Crippen molar-refractivity contribution in [3.8, 4) is 0 Å². The zero-order valence-corrected chi connectivity index (χ0v) is 27.0. The normalized spacial score (nSPS) is 8.83. The van der Waals surface area contributed by atoms with Gasteiger partial charge in [0.25, 0.3) is 0 Å². The van der Waals surface area contributed by atoms with Gasteiger partial charge < -0.3 is 29.4 Å². The lowest BCUT2D eigenvalue weighted by atomic mass is 10.4. The van der Waals surface area contributed by atoms with Crippen molar-refractivity contribution in [1.82, 2.24) is 0 Å². The minimum Gasteiger partial charge on any atom is -0.303 e. The molecule has 6 rings (SSSR count). The van der Waals surface area contributed by atoms with Gasteiger partial charge in [-0.05, 0) is 0 Å². The van der Waals surface area contributed by atoms with E-state index in [0.717, 1.165) is 0 Å². The maximum absolute atomic E-state index is 8.88. The van der Waals surface area contributed by atoms with E-state index in [2.05, 4.69) is 0 Å². The van der Waals surface area contributed by atoms with E-state index in [1.807, 2.05) is 218 Å². The SMILES string of the molecule is O=P(O)(O)O.O=P(O)(O)O.c1ccccc1.c1ccccc1.c1ccccc1.c1ccccc1.c1ccccc1.c1ccccc1. The number of rotatable bonds is 0. The van der Waals surface area contributed by atoms with Crippen molar-refractivity contribution < 1.29 is 38.5 Å². The van der Waals surface area contributed by atoms with Gasteiger partial charge in [0.15, 0.2) is 0 Å². The first-order valence-electron chi connectivity index (χ1n) is 13.6. The van der Waals surface area contributed by atoms with E-state index in [4.69, 9.17) is 38.5 Å². The van der Waals surface area contributed by atoms with Crippen LogP contribution in [-0.2, 0) is 9.13 Å². The molecule has 0 aromatic heterocycles. The molecule has 0 amide bonds. The van der Waals surface area contributed by atoms with Gasteiger partial charge in [0.2, 0.25) is 0 Å². The second-order valence-electron chi connectivity index (χ2n) is 7.95. The predicted octanol–water partition coefficient (Wildman–Crippen LogP) is 8.26. The zero-order chi connectivity index (χ0) is 34.5. The highest BCUT2D eigenvalue weighted by atomic mass is 31.2. The largest absolute Gasteiger partial charge is 0.466 e. The van der Waals surface area contributed by atoms with Crippen LogP contribution in [0.25, 0.3) is 0 Å². The molecule has 0 saturated heterocycles. The average molecular weight is 665 g/mol. The molecule has 0 heterocycles. The topological polar surface area (TPSA) is 156 Å². The summed E-state index contributed by atoms with van der Waals surface area (Å²) >= 11 is 0. The van der Waals surface area contributed by atoms with Crippen LogP contribution in [0.4, 0.5) is 0 Å². The van der Waals surface area contributed by atoms with Crippen LogP contribution in [0, 0.1) is 0 Å². The zero-order valence-electron chi connectivity index (χ0n) is 25.2. The molecule has 6 N–H and O–H groups in total. The summed E-state index contributed by atoms with van der Waals surface area (Å²) in [5.74, 6) is 0. The fourth-order valence-electron chi connectivity index (χ4n) is 2.31. The lowest BCUT2D eigenvalue weighted by Gasteiger charge is -1.82. The Kier molecular flexibility index (Phi) is 31.7. The van der Waals surface area contributed by atoms with E-state index < -0.39 is 15.6 Å². The Balaban J connectivity index is 0. The Bertz CT molecular complexity index is 983. The van der Waals surface area contributed by atoms with E-state index in [0.29, 0.717) is 0 Å². The molecule has 0 atom stereocenters. The van der Waals surface area contributed by atoms with Crippen molar-refractivity contribution in [1.29, 1.82) is 0 Å². The summed E-state index contributed by atoms with van der Waals surface area (Å²) < 4.78 is 17.8. The van der Waals surface area contributed by atoms with Crippen molar-refractivity contribution in [2.24, 2.45) is 0 Å². The molecule has 0 radical (unpaired) electrons. The minimum atomic E-state index is -4.64. The van der Waals surface area contributed by atoms with Crippen molar-refractivity contribution in [2.45, 2.75) is 0 Å². The number of phosphoric acid groups is 2. The first-order valence-corrected chi connectivity index (χ1v) is 16.7. The van der Waals surface area contributed by atoms with Gasteiger partial charge in [-0.2, -0.15) is 0 Å². The number of hydrogen-bond acceptors (Lipinski definition) is 2. The van der Waals surface area contributed by atoms with E-state index >= 15 is 0 Å². The van der Waals surface area contributed by atoms with Gasteiger partial charge in [-0.3, -0.25) is 0 Å². The lowest BCUT2D eigenvalue weighted by molar-refractivity contribution is 0.272. The molecule has 8 nitrogen and oxygen atoms in total. The predicted molar refractivity (Wildman–Crippen MR) is 187 cm³/mol. The van der Waals surface area contributed by atoms with Gasteiger partial charge in [-0.1, -0.05) is 218 Å². The van der Waals surface area contributed by atoms with Crippen LogP contribution in [0.2, 0.25) is 0 Å². The van der Waals surface area contributed by atoms with Crippen molar-refractivity contribution >= 4 is 15.6 Å². The molecule has 0 aliphatic heterocycles. The Morgan fingerprint density at radius 3 is 0.217 bits per heavy atom. The molecule has 46 heavy (non-hydrogen) atoms. The summed E-state index contributed by atoms with van der Waals surface area (Å²) in [6, 6.07) is 72.0. The molecular formula is C36H42O8P2. The quantitative estimate of drug-likeness (QED) is 0.0887. The van der Waals surface area contributed by atoms with Gasteiger partial charge >= 0.3 is 15.6 Å². The summed E-state index contributed by atoms with van der Waals surface area (Å²) in [6.07, 6.45) is 0. The molecule has 6 aromatic carbocycles. The maximum atomic E-state index is 8.88. The van der Waals surface area contributed by atoms with Gasteiger partial charge in [-0.25, -0.2) is 9.13 Å². The first-order chi connectivity index (χ1) is 22.0. The van der Waals surface area contributed by atoms with Crippen LogP contribution in [-0.4, -0.2) is 29.4 Å². The van der Waals surface area contributed by atoms with Crippen LogP contribution in [0.3, 0.4) is 0 Å². The summed E-state index contributed by atoms with van der Waals surface area (Å²) in [7, 11) is -9.28. The van der Waals surface area contributed by atoms with Gasteiger partial charge in [0, 0.05) is 0 Å². The molecule has 0 saturated carbocycles. The third-order valence-corrected chi connectivity index (χ3v) is 4.00. The van der Waals surface area contributed by atoms with E-state index in [9.17, 15) is 0 Å². The maximum Gasteiger partial charge on any atom is 0.466 e. The Labute approximate surface area is 272 Å². The molecule has 0 bridgehead atoms. The highest BCUT2D eigenvalue weighted by Gasteiger charge is 2.00. The minimum absolute atomic E-state index is 2.00. The molecule has 0 fully saturated rings. The smallest absolute Gasteiger partial charge is 0.303 e. The van der Waals surface area contributed by atoms with Gasteiger partial charge in [-0.15, -0.1) is 0 Å². The molecule has 6 aromatic rings. The molecule has 244 valence electrons. The molecule has 0 unspecified atom stereocenters. The summed E-state index contributed by atoms with van der Waals surface area (Å²) in [5.41, 5.74) is 0. The summed E-state index contributed by atoms with van der Waals surface area (Å²) in [4.78, 5) is 43.1. The van der Waals surface area contributed by atoms with Crippen LogP contribution in [0.5, 0.6) is 0 Å². The van der Waals surface area contributed by atoms with Crippen LogP contribution in [0.15, 0.2) is 218 Å². The third kappa shape index (κ3) is 59.0. The van der Waals surface area contributed by atoms with Crippen molar-refractivity contribution in [2.75, 3.05) is 0 Å². The van der Waals surface area contributed by atoms with Crippen molar-refractivity contribution in [3.63, 3.8) is 0 Å². The molecule has 0 aliphatic carbocycles. The van der Waals surface area contributed by atoms with Crippen molar-refractivity contribution in [3.05, 3.63) is 218 Å². The highest BCUT2D eigenvalue weighted by Crippen LogP contribution is 2.26. The van der Waals surface area contributed by atoms with Gasteiger partial charge in [0.05, 0.1) is 0 Å². The highest BCUT2D eigenvalue weighted by molar-refractivity contribution is 7.45. The monoisotopic (exact) mass is 664 g/mol. The Hall–Kier alpha value is -4.46. The van der Waals surface area contributed by atoms with Crippen LogP contribution < -0.4 is 0 Å². The van der Waals surface area contributed by atoms with Crippen LogP contribution >= 0.6 is 15.6 Å².